The van der Waals surface area contributed by atoms with Gasteiger partial charge in [0.05, 0.1) is 19.6 Å². The lowest BCUT2D eigenvalue weighted by molar-refractivity contribution is -0.706. The zero-order valence-corrected chi connectivity index (χ0v) is 39.6. The molecule has 2 aliphatic carbocycles. The maximum absolute atomic E-state index is 7.01. The quantitative estimate of drug-likeness (QED) is 0.0740. The zero-order chi connectivity index (χ0) is 42.6. The SMILES string of the molecule is C=CC1C(CCc2ccc3c(oc4nc(CC(C)(C)C)ccc43)c2-c2cc(C(C)C3CCCCC3)cc[n+]2C)c2ccccc2-c2cc(CC3CCCC3)c([Si](C)(C)C)c[n+]21. The molecule has 0 radical (unpaired) electrons. The van der Waals surface area contributed by atoms with E-state index in [1.165, 1.54) is 103 Å². The molecule has 61 heavy (non-hydrogen) atoms. The highest BCUT2D eigenvalue weighted by Gasteiger charge is 2.41. The molecule has 5 heterocycles. The fourth-order valence-corrected chi connectivity index (χ4v) is 13.4. The van der Waals surface area contributed by atoms with Crippen LogP contribution in [0.5, 0.6) is 0 Å². The summed E-state index contributed by atoms with van der Waals surface area (Å²) in [6, 6.07) is 26.1. The van der Waals surface area contributed by atoms with Crippen molar-refractivity contribution in [3.8, 4) is 22.5 Å². The maximum atomic E-state index is 7.01. The van der Waals surface area contributed by atoms with Crippen LogP contribution in [0.3, 0.4) is 0 Å². The molecule has 0 N–H and O–H groups in total. The average Bonchev–Trinajstić information content (AvgIpc) is 3.89. The van der Waals surface area contributed by atoms with Crippen molar-refractivity contribution in [2.75, 3.05) is 0 Å². The summed E-state index contributed by atoms with van der Waals surface area (Å²) >= 11 is 0. The molecule has 0 saturated heterocycles. The summed E-state index contributed by atoms with van der Waals surface area (Å²) in [5, 5.41) is 3.87. The second-order valence-corrected chi connectivity index (χ2v) is 26.7. The zero-order valence-electron chi connectivity index (χ0n) is 38.6. The molecule has 0 amide bonds. The molecule has 0 spiro atoms. The van der Waals surface area contributed by atoms with E-state index in [0.29, 0.717) is 5.92 Å². The first-order valence-electron chi connectivity index (χ1n) is 23.9. The number of hydrogen-bond donors (Lipinski definition) is 0. The van der Waals surface area contributed by atoms with Crippen molar-refractivity contribution < 1.29 is 13.6 Å². The smallest absolute Gasteiger partial charge is 0.227 e. The van der Waals surface area contributed by atoms with Gasteiger partial charge in [-0.3, -0.25) is 0 Å². The third kappa shape index (κ3) is 8.33. The Morgan fingerprint density at radius 1 is 0.869 bits per heavy atom. The molecule has 3 unspecified atom stereocenters. The van der Waals surface area contributed by atoms with Crippen molar-refractivity contribution >= 4 is 35.3 Å². The normalized spacial score (nSPS) is 19.3. The molecular weight excluding hydrogens is 759 g/mol. The number of fused-ring (bicyclic) bond motifs is 6. The third-order valence-electron chi connectivity index (χ3n) is 15.0. The number of pyridine rings is 3. The molecule has 9 rings (SSSR count). The minimum atomic E-state index is -1.64. The standard InChI is InChI=1S/C56H71N3OSi/c1-10-49-46(44-22-16-17-23-45(44)50-34-42(32-38-18-14-15-19-38)52(36-59(49)50)61(7,8)9)27-24-40-25-28-47-48-29-26-43(35-56(3,4)5)57-55(48)60-54(47)53(40)51-33-41(30-31-58(51)6)37(2)39-20-12-11-13-21-39/h10,16-17,22-23,25-26,28-31,33-34,36-39,46,49H,1,11-15,18-21,24,27,32,35H2,2-9H3/q+2. The number of furan rings is 1. The number of aryl methyl sites for hydroxylation is 2. The lowest BCUT2D eigenvalue weighted by Gasteiger charge is -2.31. The van der Waals surface area contributed by atoms with Gasteiger partial charge in [0.15, 0.2) is 24.0 Å². The second kappa shape index (κ2) is 16.7. The van der Waals surface area contributed by atoms with Gasteiger partial charge in [-0.2, -0.15) is 4.57 Å². The van der Waals surface area contributed by atoms with Crippen molar-refractivity contribution in [3.05, 3.63) is 120 Å². The van der Waals surface area contributed by atoms with Crippen LogP contribution in [0.4, 0.5) is 0 Å². The molecule has 318 valence electrons. The van der Waals surface area contributed by atoms with Gasteiger partial charge in [-0.15, -0.1) is 0 Å². The first-order chi connectivity index (χ1) is 29.3. The van der Waals surface area contributed by atoms with Crippen LogP contribution in [0.1, 0.15) is 138 Å². The molecule has 4 nitrogen and oxygen atoms in total. The second-order valence-electron chi connectivity index (χ2n) is 21.7. The van der Waals surface area contributed by atoms with Gasteiger partial charge >= 0.3 is 0 Å². The Bertz CT molecular complexity index is 2570. The summed E-state index contributed by atoms with van der Waals surface area (Å²) in [7, 11) is 0.574. The van der Waals surface area contributed by atoms with Crippen LogP contribution in [0.25, 0.3) is 44.6 Å². The summed E-state index contributed by atoms with van der Waals surface area (Å²) in [5.74, 6) is 2.36. The summed E-state index contributed by atoms with van der Waals surface area (Å²) in [6.07, 6.45) is 23.5. The molecule has 3 atom stereocenters. The molecular formula is C56H71N3OSi+2. The Balaban J connectivity index is 1.15. The van der Waals surface area contributed by atoms with Crippen molar-refractivity contribution in [1.82, 2.24) is 4.98 Å². The molecule has 3 aliphatic rings. The lowest BCUT2D eigenvalue weighted by atomic mass is 9.77. The highest BCUT2D eigenvalue weighted by molar-refractivity contribution is 6.89. The van der Waals surface area contributed by atoms with Crippen LogP contribution in [-0.2, 0) is 26.3 Å². The van der Waals surface area contributed by atoms with Crippen LogP contribution in [0, 0.1) is 17.3 Å². The van der Waals surface area contributed by atoms with Crippen molar-refractivity contribution in [2.24, 2.45) is 24.3 Å². The monoisotopic (exact) mass is 830 g/mol. The Kier molecular flexibility index (Phi) is 11.5. The van der Waals surface area contributed by atoms with Gasteiger partial charge in [0, 0.05) is 45.4 Å². The molecule has 5 heteroatoms. The van der Waals surface area contributed by atoms with E-state index >= 15 is 0 Å². The average molecular weight is 830 g/mol. The van der Waals surface area contributed by atoms with E-state index in [4.69, 9.17) is 9.40 Å². The van der Waals surface area contributed by atoms with Gasteiger partial charge in [0.2, 0.25) is 17.1 Å². The van der Waals surface area contributed by atoms with Gasteiger partial charge in [-0.1, -0.05) is 129 Å². The summed E-state index contributed by atoms with van der Waals surface area (Å²) in [6.45, 7) is 21.5. The summed E-state index contributed by atoms with van der Waals surface area (Å²) in [5.41, 5.74) is 14.0. The Morgan fingerprint density at radius 2 is 1.61 bits per heavy atom. The van der Waals surface area contributed by atoms with Crippen LogP contribution < -0.4 is 14.3 Å². The molecule has 0 bridgehead atoms. The van der Waals surface area contributed by atoms with E-state index in [0.717, 1.165) is 58.9 Å². The molecule has 2 fully saturated rings. The fraction of sp³-hybridized carbons (Fsp3) is 0.482. The molecule has 2 aromatic carbocycles. The van der Waals surface area contributed by atoms with Gasteiger partial charge in [0.1, 0.15) is 7.05 Å². The third-order valence-corrected chi connectivity index (χ3v) is 17.1. The largest absolute Gasteiger partial charge is 0.437 e. The van der Waals surface area contributed by atoms with E-state index in [9.17, 15) is 0 Å². The topological polar surface area (TPSA) is 33.8 Å². The lowest BCUT2D eigenvalue weighted by Crippen LogP contribution is -2.53. The molecule has 6 aromatic rings. The van der Waals surface area contributed by atoms with E-state index < -0.39 is 8.07 Å². The fourth-order valence-electron chi connectivity index (χ4n) is 11.7. The minimum Gasteiger partial charge on any atom is -0.437 e. The van der Waals surface area contributed by atoms with E-state index in [-0.39, 0.29) is 17.4 Å². The Labute approximate surface area is 367 Å². The van der Waals surface area contributed by atoms with Crippen molar-refractivity contribution in [1.29, 1.82) is 0 Å². The summed E-state index contributed by atoms with van der Waals surface area (Å²) < 4.78 is 12.0. The number of aromatic nitrogens is 3. The highest BCUT2D eigenvalue weighted by Crippen LogP contribution is 2.44. The first-order valence-corrected chi connectivity index (χ1v) is 27.4. The first kappa shape index (κ1) is 42.0. The highest BCUT2D eigenvalue weighted by atomic mass is 28.3. The predicted molar refractivity (Wildman–Crippen MR) is 257 cm³/mol. The molecule has 4 aromatic heterocycles. The van der Waals surface area contributed by atoms with Crippen LogP contribution >= 0.6 is 0 Å². The predicted octanol–water partition coefficient (Wildman–Crippen LogP) is 13.4. The number of allylic oxidation sites excluding steroid dienone is 1. The van der Waals surface area contributed by atoms with Crippen molar-refractivity contribution in [3.63, 3.8) is 0 Å². The van der Waals surface area contributed by atoms with Gasteiger partial charge in [0.25, 0.3) is 0 Å². The molecule has 1 aliphatic heterocycles. The number of benzene rings is 2. The number of rotatable bonds is 11. The van der Waals surface area contributed by atoms with E-state index in [2.05, 4.69) is 155 Å². The Morgan fingerprint density at radius 3 is 2.34 bits per heavy atom. The van der Waals surface area contributed by atoms with Crippen LogP contribution in [0.2, 0.25) is 19.6 Å². The minimum absolute atomic E-state index is 0.141. The van der Waals surface area contributed by atoms with Gasteiger partial charge in [-0.25, -0.2) is 9.55 Å². The number of nitrogens with zero attached hydrogens (tertiary/aromatic N) is 3. The Hall–Kier alpha value is -4.35. The van der Waals surface area contributed by atoms with Gasteiger partial charge in [-0.05, 0) is 108 Å². The summed E-state index contributed by atoms with van der Waals surface area (Å²) in [4.78, 5) is 5.15. The van der Waals surface area contributed by atoms with Crippen LogP contribution in [-0.4, -0.2) is 13.1 Å². The van der Waals surface area contributed by atoms with E-state index in [1.807, 2.05) is 0 Å². The van der Waals surface area contributed by atoms with Crippen LogP contribution in [0.15, 0.2) is 96.2 Å². The van der Waals surface area contributed by atoms with Gasteiger partial charge < -0.3 is 4.42 Å². The van der Waals surface area contributed by atoms with E-state index in [1.54, 1.807) is 10.8 Å². The maximum Gasteiger partial charge on any atom is 0.227 e. The van der Waals surface area contributed by atoms with Crippen molar-refractivity contribution in [2.45, 2.75) is 149 Å². The number of hydrogen-bond acceptors (Lipinski definition) is 2. The molecule has 2 saturated carbocycles.